The molecule has 1 unspecified atom stereocenters. The van der Waals surface area contributed by atoms with Gasteiger partial charge in [0.1, 0.15) is 6.04 Å². The number of anilines is 1. The van der Waals surface area contributed by atoms with E-state index in [-0.39, 0.29) is 24.4 Å². The number of hydrogen-bond acceptors (Lipinski definition) is 5. The molecule has 0 aliphatic heterocycles. The van der Waals surface area contributed by atoms with Crippen molar-refractivity contribution in [2.45, 2.75) is 37.8 Å². The first-order chi connectivity index (χ1) is 16.1. The number of aromatic nitrogens is 1. The molecule has 33 heavy (non-hydrogen) atoms. The first-order valence-electron chi connectivity index (χ1n) is 11.0. The van der Waals surface area contributed by atoms with Gasteiger partial charge in [0.15, 0.2) is 0 Å². The van der Waals surface area contributed by atoms with Crippen molar-refractivity contribution in [1.82, 2.24) is 15.6 Å². The smallest absolute Gasteiger partial charge is 0.261 e. The molecule has 1 atom stereocenters. The van der Waals surface area contributed by atoms with Crippen LogP contribution in [0.5, 0.6) is 0 Å². The zero-order chi connectivity index (χ0) is 23.0. The average molecular weight is 463 g/mol. The van der Waals surface area contributed by atoms with Crippen LogP contribution < -0.4 is 15.5 Å². The maximum absolute atomic E-state index is 13.5. The van der Waals surface area contributed by atoms with Gasteiger partial charge in [-0.05, 0) is 42.0 Å². The number of rotatable bonds is 8. The van der Waals surface area contributed by atoms with Gasteiger partial charge in [-0.25, -0.2) is 0 Å². The molecule has 1 fully saturated rings. The molecular formula is C25H26N4O3S. The van der Waals surface area contributed by atoms with Gasteiger partial charge in [0.25, 0.3) is 5.91 Å². The lowest BCUT2D eigenvalue weighted by Crippen LogP contribution is -2.49. The van der Waals surface area contributed by atoms with E-state index in [0.717, 1.165) is 25.7 Å². The number of benzene rings is 1. The van der Waals surface area contributed by atoms with Crippen LogP contribution >= 0.6 is 11.3 Å². The Kier molecular flexibility index (Phi) is 7.47. The monoisotopic (exact) mass is 462 g/mol. The highest BCUT2D eigenvalue weighted by atomic mass is 32.1. The van der Waals surface area contributed by atoms with Crippen LogP contribution in [0.15, 0.2) is 72.4 Å². The second-order valence-corrected chi connectivity index (χ2v) is 8.89. The van der Waals surface area contributed by atoms with E-state index in [9.17, 15) is 14.4 Å². The summed E-state index contributed by atoms with van der Waals surface area (Å²) in [5.41, 5.74) is 1.18. The number of hydrogen-bond donors (Lipinski definition) is 2. The lowest BCUT2D eigenvalue weighted by atomic mass is 10.0. The molecule has 1 saturated carbocycles. The van der Waals surface area contributed by atoms with E-state index in [1.54, 1.807) is 42.0 Å². The third kappa shape index (κ3) is 5.64. The molecule has 170 valence electrons. The molecule has 0 spiro atoms. The molecule has 4 rings (SSSR count). The summed E-state index contributed by atoms with van der Waals surface area (Å²) >= 11 is 1.30. The van der Waals surface area contributed by atoms with Crippen molar-refractivity contribution in [2.75, 3.05) is 11.4 Å². The fourth-order valence-corrected chi connectivity index (χ4v) is 4.71. The number of carbonyl (C=O) groups is 3. The standard InChI is InChI=1S/C25H26N4O3S/c30-22(17-27-24(31)21-13-7-15-33-21)29(20-12-6-14-26-16-20)23(18-8-2-1-3-9-18)25(32)28-19-10-4-5-11-19/h1-3,6-9,12-16,19,23H,4-5,10-11,17H2,(H,27,31)(H,28,32). The number of amides is 3. The van der Waals surface area contributed by atoms with Crippen molar-refractivity contribution >= 4 is 34.7 Å². The maximum atomic E-state index is 13.5. The van der Waals surface area contributed by atoms with E-state index < -0.39 is 11.9 Å². The van der Waals surface area contributed by atoms with E-state index in [4.69, 9.17) is 0 Å². The SMILES string of the molecule is O=C(NCC(=O)N(c1cccnc1)C(C(=O)NC1CCCC1)c1ccccc1)c1cccs1. The number of thiophene rings is 1. The molecule has 2 N–H and O–H groups in total. The number of nitrogens with zero attached hydrogens (tertiary/aromatic N) is 2. The Morgan fingerprint density at radius 2 is 1.82 bits per heavy atom. The topological polar surface area (TPSA) is 91.4 Å². The highest BCUT2D eigenvalue weighted by Gasteiger charge is 2.34. The Bertz CT molecular complexity index is 1070. The molecule has 1 aliphatic rings. The second-order valence-electron chi connectivity index (χ2n) is 7.94. The Morgan fingerprint density at radius 3 is 2.48 bits per heavy atom. The van der Waals surface area contributed by atoms with E-state index in [2.05, 4.69) is 15.6 Å². The molecule has 3 amide bonds. The lowest BCUT2D eigenvalue weighted by molar-refractivity contribution is -0.126. The number of nitrogens with one attached hydrogen (secondary N) is 2. The van der Waals surface area contributed by atoms with Gasteiger partial charge in [0.2, 0.25) is 11.8 Å². The maximum Gasteiger partial charge on any atom is 0.261 e. The van der Waals surface area contributed by atoms with Crippen molar-refractivity contribution < 1.29 is 14.4 Å². The summed E-state index contributed by atoms with van der Waals surface area (Å²) in [6, 6.07) is 15.4. The molecule has 0 saturated heterocycles. The van der Waals surface area contributed by atoms with Gasteiger partial charge < -0.3 is 10.6 Å². The van der Waals surface area contributed by atoms with Crippen LogP contribution in [0.1, 0.15) is 47.0 Å². The summed E-state index contributed by atoms with van der Waals surface area (Å²) in [6.45, 7) is -0.244. The van der Waals surface area contributed by atoms with Gasteiger partial charge in [0.05, 0.1) is 23.3 Å². The Labute approximate surface area is 196 Å². The molecule has 0 radical (unpaired) electrons. The highest BCUT2D eigenvalue weighted by Crippen LogP contribution is 2.28. The summed E-state index contributed by atoms with van der Waals surface area (Å²) in [4.78, 5) is 45.5. The van der Waals surface area contributed by atoms with Crippen LogP contribution in [0.4, 0.5) is 5.69 Å². The van der Waals surface area contributed by atoms with Gasteiger partial charge in [-0.3, -0.25) is 24.3 Å². The fraction of sp³-hybridized carbons (Fsp3) is 0.280. The van der Waals surface area contributed by atoms with Gasteiger partial charge in [-0.1, -0.05) is 49.2 Å². The summed E-state index contributed by atoms with van der Waals surface area (Å²) in [7, 11) is 0. The van der Waals surface area contributed by atoms with E-state index in [0.29, 0.717) is 16.1 Å². The van der Waals surface area contributed by atoms with Crippen LogP contribution in [0.25, 0.3) is 0 Å². The van der Waals surface area contributed by atoms with Gasteiger partial charge >= 0.3 is 0 Å². The molecule has 7 nitrogen and oxygen atoms in total. The minimum Gasteiger partial charge on any atom is -0.351 e. The van der Waals surface area contributed by atoms with Crippen LogP contribution in [0.2, 0.25) is 0 Å². The zero-order valence-corrected chi connectivity index (χ0v) is 19.0. The van der Waals surface area contributed by atoms with Gasteiger partial charge in [-0.15, -0.1) is 11.3 Å². The summed E-state index contributed by atoms with van der Waals surface area (Å²) in [5.74, 6) is -0.964. The minimum atomic E-state index is -0.887. The molecule has 1 aliphatic carbocycles. The average Bonchev–Trinajstić information content (AvgIpc) is 3.56. The van der Waals surface area contributed by atoms with Gasteiger partial charge in [0, 0.05) is 12.2 Å². The van der Waals surface area contributed by atoms with E-state index in [1.165, 1.54) is 16.2 Å². The first kappa shape index (κ1) is 22.7. The van der Waals surface area contributed by atoms with Crippen molar-refractivity contribution in [1.29, 1.82) is 0 Å². The van der Waals surface area contributed by atoms with E-state index >= 15 is 0 Å². The Balaban J connectivity index is 1.63. The van der Waals surface area contributed by atoms with Crippen molar-refractivity contribution in [3.8, 4) is 0 Å². The number of pyridine rings is 1. The van der Waals surface area contributed by atoms with Crippen molar-refractivity contribution in [3.05, 3.63) is 82.8 Å². The Hall–Kier alpha value is -3.52. The predicted octanol–water partition coefficient (Wildman–Crippen LogP) is 3.71. The molecule has 8 heteroatoms. The minimum absolute atomic E-state index is 0.105. The van der Waals surface area contributed by atoms with Crippen LogP contribution in [-0.2, 0) is 9.59 Å². The fourth-order valence-electron chi connectivity index (χ4n) is 4.07. The molecule has 0 bridgehead atoms. The van der Waals surface area contributed by atoms with Crippen molar-refractivity contribution in [2.24, 2.45) is 0 Å². The van der Waals surface area contributed by atoms with Gasteiger partial charge in [-0.2, -0.15) is 0 Å². The molecule has 3 aromatic rings. The molecule has 2 aromatic heterocycles. The third-order valence-electron chi connectivity index (χ3n) is 5.66. The van der Waals surface area contributed by atoms with Crippen molar-refractivity contribution in [3.63, 3.8) is 0 Å². The lowest BCUT2D eigenvalue weighted by Gasteiger charge is -2.32. The number of carbonyl (C=O) groups excluding carboxylic acids is 3. The quantitative estimate of drug-likeness (QED) is 0.534. The summed E-state index contributed by atoms with van der Waals surface area (Å²) < 4.78 is 0. The van der Waals surface area contributed by atoms with E-state index in [1.807, 2.05) is 30.3 Å². The van der Waals surface area contributed by atoms with Crippen LogP contribution in [0.3, 0.4) is 0 Å². The summed E-state index contributed by atoms with van der Waals surface area (Å²) in [6.07, 6.45) is 7.20. The highest BCUT2D eigenvalue weighted by molar-refractivity contribution is 7.12. The first-order valence-corrected chi connectivity index (χ1v) is 11.9. The normalized spacial score (nSPS) is 14.4. The molecule has 2 heterocycles. The van der Waals surface area contributed by atoms with Crippen LogP contribution in [-0.4, -0.2) is 35.3 Å². The third-order valence-corrected chi connectivity index (χ3v) is 6.53. The summed E-state index contributed by atoms with van der Waals surface area (Å²) in [5, 5.41) is 7.62. The zero-order valence-electron chi connectivity index (χ0n) is 18.1. The second kappa shape index (κ2) is 10.9. The largest absolute Gasteiger partial charge is 0.351 e. The van der Waals surface area contributed by atoms with Crippen LogP contribution in [0, 0.1) is 0 Å². The predicted molar refractivity (Wildman–Crippen MR) is 128 cm³/mol. The molecule has 1 aromatic carbocycles. The molecular weight excluding hydrogens is 436 g/mol. The Morgan fingerprint density at radius 1 is 1.03 bits per heavy atom.